The molecule has 9 heteroatoms. The predicted octanol–water partition coefficient (Wildman–Crippen LogP) is 3.70. The molecule has 29 heavy (non-hydrogen) atoms. The van der Waals surface area contributed by atoms with Gasteiger partial charge in [0.15, 0.2) is 5.82 Å². The first-order valence-corrected chi connectivity index (χ1v) is 10.5. The maximum Gasteiger partial charge on any atom is 0.256 e. The molecule has 2 saturated heterocycles. The summed E-state index contributed by atoms with van der Waals surface area (Å²) in [4.78, 5) is 34.1. The molecule has 0 aliphatic carbocycles. The van der Waals surface area contributed by atoms with Crippen molar-refractivity contribution in [1.29, 1.82) is 0 Å². The van der Waals surface area contributed by atoms with Crippen LogP contribution in [0.15, 0.2) is 22.7 Å². The summed E-state index contributed by atoms with van der Waals surface area (Å²) < 4.78 is 5.31. The van der Waals surface area contributed by atoms with Crippen LogP contribution in [0.25, 0.3) is 0 Å². The maximum atomic E-state index is 13.3. The third-order valence-electron chi connectivity index (χ3n) is 5.58. The SMILES string of the molecule is Cc1noc(C2CCCN(C(=O)C3CCCN3C(=O)c3cc(Cl)ccc3Cl)C2)n1. The van der Waals surface area contributed by atoms with Crippen molar-refractivity contribution in [1.82, 2.24) is 19.9 Å². The van der Waals surface area contributed by atoms with Crippen LogP contribution in [0.4, 0.5) is 0 Å². The first-order chi connectivity index (χ1) is 13.9. The van der Waals surface area contributed by atoms with E-state index in [1.165, 1.54) is 0 Å². The first-order valence-electron chi connectivity index (χ1n) is 9.79. The van der Waals surface area contributed by atoms with Crippen molar-refractivity contribution in [2.24, 2.45) is 0 Å². The Hall–Kier alpha value is -2.12. The van der Waals surface area contributed by atoms with E-state index in [1.54, 1.807) is 30.0 Å². The Kier molecular flexibility index (Phi) is 5.79. The van der Waals surface area contributed by atoms with Crippen LogP contribution in [0.5, 0.6) is 0 Å². The molecule has 2 atom stereocenters. The predicted molar refractivity (Wildman–Crippen MR) is 108 cm³/mol. The van der Waals surface area contributed by atoms with Crippen LogP contribution < -0.4 is 0 Å². The van der Waals surface area contributed by atoms with Crippen molar-refractivity contribution in [2.45, 2.75) is 44.6 Å². The van der Waals surface area contributed by atoms with Gasteiger partial charge in [-0.05, 0) is 50.8 Å². The van der Waals surface area contributed by atoms with Gasteiger partial charge in [0.05, 0.1) is 16.5 Å². The van der Waals surface area contributed by atoms with Gasteiger partial charge in [0.1, 0.15) is 6.04 Å². The zero-order valence-corrected chi connectivity index (χ0v) is 17.6. The van der Waals surface area contributed by atoms with Gasteiger partial charge >= 0.3 is 0 Å². The normalized spacial score (nSPS) is 22.2. The van der Waals surface area contributed by atoms with E-state index >= 15 is 0 Å². The second-order valence-electron chi connectivity index (χ2n) is 7.58. The molecule has 7 nitrogen and oxygen atoms in total. The molecular weight excluding hydrogens is 415 g/mol. The molecule has 2 aliphatic heterocycles. The molecule has 3 heterocycles. The summed E-state index contributed by atoms with van der Waals surface area (Å²) in [6.07, 6.45) is 3.18. The molecule has 4 rings (SSSR count). The van der Waals surface area contributed by atoms with E-state index in [0.717, 1.165) is 19.3 Å². The Bertz CT molecular complexity index is 932. The number of amides is 2. The van der Waals surface area contributed by atoms with E-state index in [2.05, 4.69) is 10.1 Å². The Labute approximate surface area is 178 Å². The van der Waals surface area contributed by atoms with E-state index in [-0.39, 0.29) is 17.7 Å². The van der Waals surface area contributed by atoms with E-state index in [9.17, 15) is 9.59 Å². The molecule has 2 unspecified atom stereocenters. The number of carbonyl (C=O) groups is 2. The van der Waals surface area contributed by atoms with Gasteiger partial charge in [-0.2, -0.15) is 4.98 Å². The summed E-state index contributed by atoms with van der Waals surface area (Å²) in [5.41, 5.74) is 0.330. The van der Waals surface area contributed by atoms with Crippen LogP contribution in [0, 0.1) is 6.92 Å². The number of carbonyl (C=O) groups excluding carboxylic acids is 2. The number of nitrogens with zero attached hydrogens (tertiary/aromatic N) is 4. The molecule has 154 valence electrons. The highest BCUT2D eigenvalue weighted by molar-refractivity contribution is 6.35. The second kappa shape index (κ2) is 8.32. The van der Waals surface area contributed by atoms with Gasteiger partial charge in [0, 0.05) is 24.7 Å². The van der Waals surface area contributed by atoms with Crippen molar-refractivity contribution in [2.75, 3.05) is 19.6 Å². The summed E-state index contributed by atoms with van der Waals surface area (Å²) in [6.45, 7) is 3.50. The fraction of sp³-hybridized carbons (Fsp3) is 0.500. The monoisotopic (exact) mass is 436 g/mol. The molecule has 0 N–H and O–H groups in total. The Balaban J connectivity index is 1.50. The van der Waals surface area contributed by atoms with Gasteiger partial charge in [-0.15, -0.1) is 0 Å². The number of halogens is 2. The van der Waals surface area contributed by atoms with Crippen LogP contribution in [0.2, 0.25) is 10.0 Å². The lowest BCUT2D eigenvalue weighted by Crippen LogP contribution is -2.50. The zero-order valence-electron chi connectivity index (χ0n) is 16.1. The van der Waals surface area contributed by atoms with Crippen molar-refractivity contribution in [3.05, 3.63) is 45.5 Å². The molecule has 2 aliphatic rings. The lowest BCUT2D eigenvalue weighted by molar-refractivity contribution is -0.136. The lowest BCUT2D eigenvalue weighted by Gasteiger charge is -2.35. The highest BCUT2D eigenvalue weighted by Crippen LogP contribution is 2.30. The van der Waals surface area contributed by atoms with E-state index in [0.29, 0.717) is 53.4 Å². The molecule has 2 amide bonds. The first kappa shape index (κ1) is 20.2. The Morgan fingerprint density at radius 1 is 1.17 bits per heavy atom. The van der Waals surface area contributed by atoms with Crippen LogP contribution in [-0.2, 0) is 4.79 Å². The van der Waals surface area contributed by atoms with E-state index in [1.807, 2.05) is 4.90 Å². The van der Waals surface area contributed by atoms with Crippen LogP contribution >= 0.6 is 23.2 Å². The van der Waals surface area contributed by atoms with Gasteiger partial charge in [-0.3, -0.25) is 9.59 Å². The Morgan fingerprint density at radius 3 is 2.72 bits per heavy atom. The van der Waals surface area contributed by atoms with Gasteiger partial charge in [-0.25, -0.2) is 0 Å². The number of hydrogen-bond acceptors (Lipinski definition) is 5. The van der Waals surface area contributed by atoms with Gasteiger partial charge in [0.2, 0.25) is 11.8 Å². The molecule has 0 saturated carbocycles. The van der Waals surface area contributed by atoms with Crippen LogP contribution in [0.3, 0.4) is 0 Å². The number of aromatic nitrogens is 2. The van der Waals surface area contributed by atoms with Crippen molar-refractivity contribution in [3.8, 4) is 0 Å². The zero-order chi connectivity index (χ0) is 20.5. The quantitative estimate of drug-likeness (QED) is 0.732. The average Bonchev–Trinajstić information content (AvgIpc) is 3.38. The smallest absolute Gasteiger partial charge is 0.256 e. The minimum absolute atomic E-state index is 0.0295. The molecule has 0 radical (unpaired) electrons. The molecule has 2 fully saturated rings. The number of likely N-dealkylation sites (tertiary alicyclic amines) is 2. The summed E-state index contributed by atoms with van der Waals surface area (Å²) in [5.74, 6) is 0.908. The number of benzene rings is 1. The van der Waals surface area contributed by atoms with Crippen LogP contribution in [0.1, 0.15) is 53.7 Å². The van der Waals surface area contributed by atoms with Crippen LogP contribution in [-0.4, -0.2) is 57.4 Å². The second-order valence-corrected chi connectivity index (χ2v) is 8.43. The fourth-order valence-electron chi connectivity index (χ4n) is 4.15. The number of aryl methyl sites for hydroxylation is 1. The molecule has 0 spiro atoms. The van der Waals surface area contributed by atoms with Gasteiger partial charge < -0.3 is 14.3 Å². The number of piperidine rings is 1. The fourth-order valence-corrected chi connectivity index (χ4v) is 4.52. The molecule has 0 bridgehead atoms. The van der Waals surface area contributed by atoms with E-state index in [4.69, 9.17) is 27.7 Å². The minimum Gasteiger partial charge on any atom is -0.340 e. The number of rotatable bonds is 3. The number of hydrogen-bond donors (Lipinski definition) is 0. The summed E-state index contributed by atoms with van der Waals surface area (Å²) in [6, 6.07) is 4.31. The third-order valence-corrected chi connectivity index (χ3v) is 6.15. The maximum absolute atomic E-state index is 13.3. The molecule has 1 aromatic carbocycles. The minimum atomic E-state index is -0.485. The summed E-state index contributed by atoms with van der Waals surface area (Å²) in [7, 11) is 0. The largest absolute Gasteiger partial charge is 0.340 e. The summed E-state index contributed by atoms with van der Waals surface area (Å²) in [5, 5.41) is 4.63. The van der Waals surface area contributed by atoms with Gasteiger partial charge in [-0.1, -0.05) is 28.4 Å². The lowest BCUT2D eigenvalue weighted by atomic mass is 9.97. The summed E-state index contributed by atoms with van der Waals surface area (Å²) >= 11 is 12.2. The van der Waals surface area contributed by atoms with Gasteiger partial charge in [0.25, 0.3) is 5.91 Å². The molecule has 1 aromatic heterocycles. The van der Waals surface area contributed by atoms with Crippen molar-refractivity contribution in [3.63, 3.8) is 0 Å². The van der Waals surface area contributed by atoms with E-state index < -0.39 is 6.04 Å². The Morgan fingerprint density at radius 2 is 1.97 bits per heavy atom. The average molecular weight is 437 g/mol. The molecular formula is C20H22Cl2N4O3. The topological polar surface area (TPSA) is 79.5 Å². The van der Waals surface area contributed by atoms with Crippen molar-refractivity contribution < 1.29 is 14.1 Å². The third kappa shape index (κ3) is 4.12. The highest BCUT2D eigenvalue weighted by Gasteiger charge is 2.39. The molecule has 2 aromatic rings. The highest BCUT2D eigenvalue weighted by atomic mass is 35.5. The standard InChI is InChI=1S/C20H22Cl2N4O3/c1-12-23-18(29-24-12)13-4-2-8-25(11-13)20(28)17-5-3-9-26(17)19(27)15-10-14(21)6-7-16(15)22/h6-7,10,13,17H,2-5,8-9,11H2,1H3. The van der Waals surface area contributed by atoms with Crippen molar-refractivity contribution >= 4 is 35.0 Å².